The second-order valence-corrected chi connectivity index (χ2v) is 4.44. The van der Waals surface area contributed by atoms with Gasteiger partial charge in [-0.25, -0.2) is 4.98 Å². The summed E-state index contributed by atoms with van der Waals surface area (Å²) in [6.07, 6.45) is 2.12. The standard InChI is InChI=1S/C11H12N2OS/c1-3-10(14)8(2)15-11-6-9(7-12)4-5-13-11/h4-6,8H,3H2,1-2H3. The molecule has 0 aliphatic rings. The molecule has 0 saturated heterocycles. The van der Waals surface area contributed by atoms with Crippen LogP contribution in [0.15, 0.2) is 23.4 Å². The van der Waals surface area contributed by atoms with E-state index in [1.54, 1.807) is 18.3 Å². The average Bonchev–Trinajstić information content (AvgIpc) is 2.28. The van der Waals surface area contributed by atoms with Crippen LogP contribution in [0.5, 0.6) is 0 Å². The highest BCUT2D eigenvalue weighted by atomic mass is 32.2. The van der Waals surface area contributed by atoms with E-state index < -0.39 is 0 Å². The van der Waals surface area contributed by atoms with Gasteiger partial charge in [-0.1, -0.05) is 18.7 Å². The number of hydrogen-bond donors (Lipinski definition) is 0. The van der Waals surface area contributed by atoms with E-state index >= 15 is 0 Å². The number of aromatic nitrogens is 1. The summed E-state index contributed by atoms with van der Waals surface area (Å²) in [5.74, 6) is 0.198. The highest BCUT2D eigenvalue weighted by molar-refractivity contribution is 8.00. The molecule has 1 aromatic heterocycles. The summed E-state index contributed by atoms with van der Waals surface area (Å²) in [5.41, 5.74) is 0.573. The Balaban J connectivity index is 2.73. The summed E-state index contributed by atoms with van der Waals surface area (Å²) in [6, 6.07) is 5.39. The molecule has 1 unspecified atom stereocenters. The number of hydrogen-bond acceptors (Lipinski definition) is 4. The Morgan fingerprint density at radius 2 is 2.47 bits per heavy atom. The largest absolute Gasteiger partial charge is 0.298 e. The predicted octanol–water partition coefficient (Wildman–Crippen LogP) is 2.41. The van der Waals surface area contributed by atoms with Gasteiger partial charge in [0, 0.05) is 12.6 Å². The van der Waals surface area contributed by atoms with Gasteiger partial charge in [0.25, 0.3) is 0 Å². The van der Waals surface area contributed by atoms with E-state index in [0.717, 1.165) is 5.03 Å². The summed E-state index contributed by atoms with van der Waals surface area (Å²) in [6.45, 7) is 3.70. The van der Waals surface area contributed by atoms with E-state index in [1.807, 2.05) is 19.9 Å². The molecule has 1 aromatic rings. The van der Waals surface area contributed by atoms with Crippen molar-refractivity contribution >= 4 is 17.5 Å². The van der Waals surface area contributed by atoms with Crippen molar-refractivity contribution in [1.82, 2.24) is 4.98 Å². The molecule has 0 fully saturated rings. The Morgan fingerprint density at radius 1 is 1.73 bits per heavy atom. The minimum absolute atomic E-state index is 0.101. The van der Waals surface area contributed by atoms with E-state index in [-0.39, 0.29) is 11.0 Å². The van der Waals surface area contributed by atoms with Crippen LogP contribution in [0.2, 0.25) is 0 Å². The number of thioether (sulfide) groups is 1. The van der Waals surface area contributed by atoms with Gasteiger partial charge in [0.15, 0.2) is 0 Å². The zero-order valence-electron chi connectivity index (χ0n) is 8.73. The number of rotatable bonds is 4. The summed E-state index contributed by atoms with van der Waals surface area (Å²) in [7, 11) is 0. The zero-order valence-corrected chi connectivity index (χ0v) is 9.54. The lowest BCUT2D eigenvalue weighted by Crippen LogP contribution is -2.11. The molecule has 0 aromatic carbocycles. The first-order chi connectivity index (χ1) is 7.17. The van der Waals surface area contributed by atoms with Crippen molar-refractivity contribution in [2.45, 2.75) is 30.5 Å². The molecule has 1 heterocycles. The van der Waals surface area contributed by atoms with Crippen molar-refractivity contribution in [3.8, 4) is 6.07 Å². The molecule has 0 radical (unpaired) electrons. The first-order valence-electron chi connectivity index (χ1n) is 4.73. The second kappa shape index (κ2) is 5.52. The molecule has 0 spiro atoms. The molecule has 1 rings (SSSR count). The number of carbonyl (C=O) groups is 1. The first-order valence-corrected chi connectivity index (χ1v) is 5.61. The molecule has 4 heteroatoms. The van der Waals surface area contributed by atoms with Crippen LogP contribution in [0.3, 0.4) is 0 Å². The van der Waals surface area contributed by atoms with Crippen molar-refractivity contribution in [3.05, 3.63) is 23.9 Å². The predicted molar refractivity (Wildman–Crippen MR) is 59.6 cm³/mol. The molecule has 15 heavy (non-hydrogen) atoms. The Hall–Kier alpha value is -1.34. The van der Waals surface area contributed by atoms with Gasteiger partial charge in [0.1, 0.15) is 5.78 Å². The summed E-state index contributed by atoms with van der Waals surface area (Å²) in [5, 5.41) is 9.32. The Labute approximate surface area is 93.5 Å². The van der Waals surface area contributed by atoms with Gasteiger partial charge in [0.2, 0.25) is 0 Å². The summed E-state index contributed by atoms with van der Waals surface area (Å²) >= 11 is 1.39. The lowest BCUT2D eigenvalue weighted by molar-refractivity contribution is -0.118. The first kappa shape index (κ1) is 11.7. The van der Waals surface area contributed by atoms with E-state index in [1.165, 1.54) is 11.8 Å². The molecule has 0 bridgehead atoms. The SMILES string of the molecule is CCC(=O)C(C)Sc1cc(C#N)ccn1. The fourth-order valence-corrected chi connectivity index (χ4v) is 2.05. The third-order valence-electron chi connectivity index (χ3n) is 1.96. The van der Waals surface area contributed by atoms with Gasteiger partial charge in [-0.15, -0.1) is 0 Å². The molecule has 1 atom stereocenters. The van der Waals surface area contributed by atoms with Gasteiger partial charge in [-0.3, -0.25) is 4.79 Å². The molecular formula is C11H12N2OS. The lowest BCUT2D eigenvalue weighted by Gasteiger charge is -2.07. The fourth-order valence-electron chi connectivity index (χ4n) is 1.08. The average molecular weight is 220 g/mol. The maximum atomic E-state index is 11.4. The normalized spacial score (nSPS) is 11.8. The Morgan fingerprint density at radius 3 is 3.07 bits per heavy atom. The fraction of sp³-hybridized carbons (Fsp3) is 0.364. The van der Waals surface area contributed by atoms with Gasteiger partial charge >= 0.3 is 0 Å². The van der Waals surface area contributed by atoms with Crippen molar-refractivity contribution in [1.29, 1.82) is 5.26 Å². The van der Waals surface area contributed by atoms with Gasteiger partial charge in [0.05, 0.1) is 21.9 Å². The van der Waals surface area contributed by atoms with Crippen molar-refractivity contribution in [3.63, 3.8) is 0 Å². The van der Waals surface area contributed by atoms with Crippen molar-refractivity contribution in [2.75, 3.05) is 0 Å². The quantitative estimate of drug-likeness (QED) is 0.731. The molecule has 0 saturated carbocycles. The van der Waals surface area contributed by atoms with Crippen LogP contribution in [0.4, 0.5) is 0 Å². The Kier molecular flexibility index (Phi) is 4.32. The van der Waals surface area contributed by atoms with Gasteiger partial charge in [-0.2, -0.15) is 5.26 Å². The van der Waals surface area contributed by atoms with E-state index in [9.17, 15) is 4.79 Å². The van der Waals surface area contributed by atoms with Crippen LogP contribution in [0.25, 0.3) is 0 Å². The summed E-state index contributed by atoms with van der Waals surface area (Å²) in [4.78, 5) is 15.5. The van der Waals surface area contributed by atoms with Crippen LogP contribution in [-0.2, 0) is 4.79 Å². The third kappa shape index (κ3) is 3.37. The third-order valence-corrected chi connectivity index (χ3v) is 3.04. The number of Topliss-reactive ketones (excluding diaryl/α,β-unsaturated/α-hetero) is 1. The monoisotopic (exact) mass is 220 g/mol. The minimum atomic E-state index is -0.101. The lowest BCUT2D eigenvalue weighted by atomic mass is 10.2. The highest BCUT2D eigenvalue weighted by Gasteiger charge is 2.12. The Bertz CT molecular complexity index is 398. The van der Waals surface area contributed by atoms with Crippen LogP contribution in [0.1, 0.15) is 25.8 Å². The van der Waals surface area contributed by atoms with Gasteiger partial charge < -0.3 is 0 Å². The van der Waals surface area contributed by atoms with Crippen LogP contribution in [-0.4, -0.2) is 16.0 Å². The van der Waals surface area contributed by atoms with E-state index in [0.29, 0.717) is 12.0 Å². The van der Waals surface area contributed by atoms with Crippen LogP contribution < -0.4 is 0 Å². The summed E-state index contributed by atoms with van der Waals surface area (Å²) < 4.78 is 0. The second-order valence-electron chi connectivity index (χ2n) is 3.07. The van der Waals surface area contributed by atoms with Crippen molar-refractivity contribution < 1.29 is 4.79 Å². The number of nitriles is 1. The topological polar surface area (TPSA) is 53.8 Å². The molecule has 0 amide bonds. The van der Waals surface area contributed by atoms with Crippen molar-refractivity contribution in [2.24, 2.45) is 0 Å². The molecule has 3 nitrogen and oxygen atoms in total. The molecule has 0 aliphatic carbocycles. The molecule has 78 valence electrons. The highest BCUT2D eigenvalue weighted by Crippen LogP contribution is 2.22. The zero-order chi connectivity index (χ0) is 11.3. The van der Waals surface area contributed by atoms with Crippen LogP contribution >= 0.6 is 11.8 Å². The maximum absolute atomic E-state index is 11.4. The minimum Gasteiger partial charge on any atom is -0.298 e. The van der Waals surface area contributed by atoms with Crippen LogP contribution in [0, 0.1) is 11.3 Å². The number of pyridine rings is 1. The number of carbonyl (C=O) groups excluding carboxylic acids is 1. The van der Waals surface area contributed by atoms with E-state index in [2.05, 4.69) is 4.98 Å². The number of ketones is 1. The molecule has 0 aliphatic heterocycles. The molecular weight excluding hydrogens is 208 g/mol. The van der Waals surface area contributed by atoms with E-state index in [4.69, 9.17) is 5.26 Å². The molecule has 0 N–H and O–H groups in total. The number of nitrogens with zero attached hydrogens (tertiary/aromatic N) is 2. The maximum Gasteiger partial charge on any atom is 0.145 e. The van der Waals surface area contributed by atoms with Gasteiger partial charge in [-0.05, 0) is 19.1 Å². The smallest absolute Gasteiger partial charge is 0.145 e.